The first-order valence-electron chi connectivity index (χ1n) is 4.98. The minimum Gasteiger partial charge on any atom is -0.457 e. The van der Waals surface area contributed by atoms with Gasteiger partial charge in [-0.1, -0.05) is 24.3 Å². The molecule has 0 atom stereocenters. The number of fused-ring (bicyclic) bond motifs is 1. The summed E-state index contributed by atoms with van der Waals surface area (Å²) in [5.41, 5.74) is 8.05. The number of rotatable bonds is 3. The highest BCUT2D eigenvalue weighted by Gasteiger charge is 2.20. The van der Waals surface area contributed by atoms with Crippen LogP contribution in [0.3, 0.4) is 0 Å². The fourth-order valence-corrected chi connectivity index (χ4v) is 1.55. The van der Waals surface area contributed by atoms with E-state index in [1.807, 2.05) is 30.4 Å². The molecule has 78 valence electrons. The fraction of sp³-hybridized carbons (Fsp3) is 0.250. The van der Waals surface area contributed by atoms with Crippen LogP contribution in [0.4, 0.5) is 0 Å². The largest absolute Gasteiger partial charge is 0.457 e. The number of esters is 1. The first-order valence-corrected chi connectivity index (χ1v) is 4.98. The second-order valence-electron chi connectivity index (χ2n) is 3.47. The van der Waals surface area contributed by atoms with Crippen molar-refractivity contribution in [1.82, 2.24) is 0 Å². The molecule has 0 saturated heterocycles. The monoisotopic (exact) mass is 203 g/mol. The number of nitrogens with two attached hydrogens (primary N) is 1. The molecule has 2 rings (SSSR count). The van der Waals surface area contributed by atoms with Gasteiger partial charge in [0, 0.05) is 5.56 Å². The molecule has 1 aromatic rings. The number of hydrogen-bond donors (Lipinski definition) is 1. The first-order chi connectivity index (χ1) is 7.31. The average Bonchev–Trinajstić information content (AvgIpc) is 2.61. The third kappa shape index (κ3) is 2.07. The van der Waals surface area contributed by atoms with Gasteiger partial charge in [0.25, 0.3) is 0 Å². The van der Waals surface area contributed by atoms with Crippen LogP contribution in [0, 0.1) is 0 Å². The Hall–Kier alpha value is -1.61. The van der Waals surface area contributed by atoms with Gasteiger partial charge in [0.05, 0.1) is 5.56 Å². The summed E-state index contributed by atoms with van der Waals surface area (Å²) in [4.78, 5) is 11.3. The minimum absolute atomic E-state index is 0.223. The molecule has 0 saturated carbocycles. The van der Waals surface area contributed by atoms with E-state index in [-0.39, 0.29) is 5.97 Å². The van der Waals surface area contributed by atoms with E-state index in [9.17, 15) is 4.79 Å². The standard InChI is InChI=1S/C12H13NO2/c13-6-2-1-3-9-4-5-10-8-15-12(14)11(10)7-9/h1,3-5,7H,2,6,8,13H2. The van der Waals surface area contributed by atoms with Gasteiger partial charge in [-0.15, -0.1) is 0 Å². The van der Waals surface area contributed by atoms with Crippen molar-refractivity contribution in [2.75, 3.05) is 6.54 Å². The van der Waals surface area contributed by atoms with Gasteiger partial charge in [0.1, 0.15) is 6.61 Å². The summed E-state index contributed by atoms with van der Waals surface area (Å²) in [5.74, 6) is -0.223. The highest BCUT2D eigenvalue weighted by Crippen LogP contribution is 2.21. The molecule has 0 unspecified atom stereocenters. The lowest BCUT2D eigenvalue weighted by Crippen LogP contribution is -1.95. The van der Waals surface area contributed by atoms with Gasteiger partial charge in [-0.05, 0) is 24.6 Å². The Kier molecular flexibility index (Phi) is 2.83. The maximum Gasteiger partial charge on any atom is 0.338 e. The topological polar surface area (TPSA) is 52.3 Å². The van der Waals surface area contributed by atoms with Gasteiger partial charge in [-0.3, -0.25) is 0 Å². The molecular weight excluding hydrogens is 190 g/mol. The molecule has 1 aliphatic rings. The Morgan fingerprint density at radius 3 is 3.13 bits per heavy atom. The molecule has 0 spiro atoms. The Labute approximate surface area is 88.5 Å². The predicted molar refractivity (Wildman–Crippen MR) is 58.3 cm³/mol. The van der Waals surface area contributed by atoms with E-state index < -0.39 is 0 Å². The highest BCUT2D eigenvalue weighted by atomic mass is 16.5. The molecule has 3 heteroatoms. The molecule has 15 heavy (non-hydrogen) atoms. The van der Waals surface area contributed by atoms with Crippen LogP contribution in [0.5, 0.6) is 0 Å². The van der Waals surface area contributed by atoms with Gasteiger partial charge in [0.15, 0.2) is 0 Å². The van der Waals surface area contributed by atoms with Crippen molar-refractivity contribution < 1.29 is 9.53 Å². The van der Waals surface area contributed by atoms with Crippen LogP contribution in [0.25, 0.3) is 6.08 Å². The van der Waals surface area contributed by atoms with Crippen LogP contribution in [0.1, 0.15) is 27.9 Å². The van der Waals surface area contributed by atoms with E-state index in [1.54, 1.807) is 0 Å². The lowest BCUT2D eigenvalue weighted by molar-refractivity contribution is 0.0535. The second kappa shape index (κ2) is 4.28. The Morgan fingerprint density at radius 1 is 1.47 bits per heavy atom. The lowest BCUT2D eigenvalue weighted by atomic mass is 10.1. The molecule has 0 fully saturated rings. The van der Waals surface area contributed by atoms with E-state index >= 15 is 0 Å². The molecule has 0 amide bonds. The maximum atomic E-state index is 11.3. The number of cyclic esters (lactones) is 1. The summed E-state index contributed by atoms with van der Waals surface area (Å²) >= 11 is 0. The van der Waals surface area contributed by atoms with Crippen LogP contribution in [0.15, 0.2) is 24.3 Å². The summed E-state index contributed by atoms with van der Waals surface area (Å²) in [6.07, 6.45) is 4.82. The summed E-state index contributed by atoms with van der Waals surface area (Å²) in [6, 6.07) is 5.77. The molecule has 3 nitrogen and oxygen atoms in total. The molecule has 0 radical (unpaired) electrons. The summed E-state index contributed by atoms with van der Waals surface area (Å²) in [5, 5.41) is 0. The molecular formula is C12H13NO2. The van der Waals surface area contributed by atoms with Crippen molar-refractivity contribution in [2.45, 2.75) is 13.0 Å². The molecule has 0 aromatic heterocycles. The van der Waals surface area contributed by atoms with Gasteiger partial charge in [-0.25, -0.2) is 4.79 Å². The number of ether oxygens (including phenoxy) is 1. The van der Waals surface area contributed by atoms with Crippen LogP contribution in [0.2, 0.25) is 0 Å². The zero-order chi connectivity index (χ0) is 10.7. The molecule has 0 aliphatic carbocycles. The number of carbonyl (C=O) groups is 1. The van der Waals surface area contributed by atoms with E-state index in [4.69, 9.17) is 10.5 Å². The zero-order valence-corrected chi connectivity index (χ0v) is 8.40. The zero-order valence-electron chi connectivity index (χ0n) is 8.40. The SMILES string of the molecule is NCCC=Cc1ccc2c(c1)C(=O)OC2. The minimum atomic E-state index is -0.223. The normalized spacial score (nSPS) is 14.3. The summed E-state index contributed by atoms with van der Waals surface area (Å²) in [7, 11) is 0. The third-order valence-electron chi connectivity index (χ3n) is 2.36. The predicted octanol–water partition coefficient (Wildman–Crippen LogP) is 1.72. The van der Waals surface area contributed by atoms with Gasteiger partial charge >= 0.3 is 5.97 Å². The number of carbonyl (C=O) groups excluding carboxylic acids is 1. The molecule has 1 aromatic carbocycles. The van der Waals surface area contributed by atoms with Crippen LogP contribution >= 0.6 is 0 Å². The van der Waals surface area contributed by atoms with Crippen LogP contribution < -0.4 is 5.73 Å². The first kappa shape index (κ1) is 9.93. The van der Waals surface area contributed by atoms with Gasteiger partial charge < -0.3 is 10.5 Å². The Bertz CT molecular complexity index is 410. The van der Waals surface area contributed by atoms with E-state index in [0.29, 0.717) is 18.7 Å². The van der Waals surface area contributed by atoms with Crippen molar-refractivity contribution in [3.8, 4) is 0 Å². The number of hydrogen-bond acceptors (Lipinski definition) is 3. The molecule has 1 aliphatic heterocycles. The van der Waals surface area contributed by atoms with E-state index in [2.05, 4.69) is 0 Å². The number of benzene rings is 1. The van der Waals surface area contributed by atoms with Crippen molar-refractivity contribution in [1.29, 1.82) is 0 Å². The van der Waals surface area contributed by atoms with E-state index in [1.165, 1.54) is 0 Å². The highest BCUT2D eigenvalue weighted by molar-refractivity contribution is 5.94. The summed E-state index contributed by atoms with van der Waals surface area (Å²) < 4.78 is 4.92. The summed E-state index contributed by atoms with van der Waals surface area (Å²) in [6.45, 7) is 1.05. The van der Waals surface area contributed by atoms with Gasteiger partial charge in [-0.2, -0.15) is 0 Å². The Morgan fingerprint density at radius 2 is 2.33 bits per heavy atom. The average molecular weight is 203 g/mol. The van der Waals surface area contributed by atoms with Crippen molar-refractivity contribution >= 4 is 12.0 Å². The van der Waals surface area contributed by atoms with Crippen LogP contribution in [-0.2, 0) is 11.3 Å². The third-order valence-corrected chi connectivity index (χ3v) is 2.36. The quantitative estimate of drug-likeness (QED) is 0.761. The maximum absolute atomic E-state index is 11.3. The fourth-order valence-electron chi connectivity index (χ4n) is 1.55. The van der Waals surface area contributed by atoms with Crippen molar-refractivity contribution in [2.24, 2.45) is 5.73 Å². The van der Waals surface area contributed by atoms with Crippen molar-refractivity contribution in [3.63, 3.8) is 0 Å². The smallest absolute Gasteiger partial charge is 0.338 e. The Balaban J connectivity index is 2.22. The lowest BCUT2D eigenvalue weighted by Gasteiger charge is -1.96. The molecule has 1 heterocycles. The molecule has 0 bridgehead atoms. The van der Waals surface area contributed by atoms with E-state index in [0.717, 1.165) is 17.5 Å². The second-order valence-corrected chi connectivity index (χ2v) is 3.47. The van der Waals surface area contributed by atoms with Gasteiger partial charge in [0.2, 0.25) is 0 Å². The van der Waals surface area contributed by atoms with Crippen LogP contribution in [-0.4, -0.2) is 12.5 Å². The molecule has 2 N–H and O–H groups in total. The van der Waals surface area contributed by atoms with Crippen molar-refractivity contribution in [3.05, 3.63) is 41.0 Å².